The number of hydrogen-bond acceptors (Lipinski definition) is 5. The smallest absolute Gasteiger partial charge is 0.325 e. The minimum atomic E-state index is -1.16. The lowest BCUT2D eigenvalue weighted by Gasteiger charge is -2.25. The van der Waals surface area contributed by atoms with Gasteiger partial charge in [-0.2, -0.15) is 0 Å². The normalized spacial score (nSPS) is 20.9. The third kappa shape index (κ3) is 3.24. The van der Waals surface area contributed by atoms with Crippen molar-refractivity contribution < 1.29 is 23.8 Å². The molecule has 0 aromatic heterocycles. The van der Waals surface area contributed by atoms with Gasteiger partial charge < -0.3 is 19.5 Å². The first-order valence-electron chi connectivity index (χ1n) is 9.21. The number of hydrogen-bond donors (Lipinski definition) is 1. The van der Waals surface area contributed by atoms with Crippen LogP contribution in [0.3, 0.4) is 0 Å². The van der Waals surface area contributed by atoms with Crippen molar-refractivity contribution in [2.45, 2.75) is 19.4 Å². The fourth-order valence-electron chi connectivity index (χ4n) is 3.41. The number of aryl methyl sites for hydroxylation is 1. The van der Waals surface area contributed by atoms with Crippen LogP contribution in [0.1, 0.15) is 18.1 Å². The summed E-state index contributed by atoms with van der Waals surface area (Å²) in [5.74, 6) is 1.61. The van der Waals surface area contributed by atoms with E-state index in [0.29, 0.717) is 36.0 Å². The second-order valence-corrected chi connectivity index (χ2v) is 7.04. The molecule has 2 heterocycles. The summed E-state index contributed by atoms with van der Waals surface area (Å²) in [4.78, 5) is 26.6. The van der Waals surface area contributed by atoms with Crippen LogP contribution in [-0.4, -0.2) is 43.2 Å². The summed E-state index contributed by atoms with van der Waals surface area (Å²) < 4.78 is 16.8. The van der Waals surface area contributed by atoms with Crippen LogP contribution in [0.25, 0.3) is 0 Å². The molecule has 0 bridgehead atoms. The average molecular weight is 382 g/mol. The number of benzene rings is 2. The van der Waals surface area contributed by atoms with Gasteiger partial charge in [-0.25, -0.2) is 4.79 Å². The van der Waals surface area contributed by atoms with Crippen LogP contribution in [-0.2, 0) is 10.3 Å². The molecule has 1 atom stereocenters. The van der Waals surface area contributed by atoms with Crippen molar-refractivity contribution in [1.29, 1.82) is 0 Å². The molecule has 2 aliphatic heterocycles. The summed E-state index contributed by atoms with van der Waals surface area (Å²) >= 11 is 0. The highest BCUT2D eigenvalue weighted by Gasteiger charge is 2.49. The van der Waals surface area contributed by atoms with Gasteiger partial charge in [0.15, 0.2) is 11.5 Å². The predicted octanol–water partition coefficient (Wildman–Crippen LogP) is 2.61. The molecule has 1 saturated heterocycles. The predicted molar refractivity (Wildman–Crippen MR) is 102 cm³/mol. The molecule has 28 heavy (non-hydrogen) atoms. The maximum Gasteiger partial charge on any atom is 0.325 e. The molecule has 7 nitrogen and oxygen atoms in total. The molecular formula is C21H22N2O5. The van der Waals surface area contributed by atoms with Gasteiger partial charge in [0.1, 0.15) is 31.1 Å². The van der Waals surface area contributed by atoms with Crippen LogP contribution in [0.2, 0.25) is 0 Å². The number of carbonyl (C=O) groups excluding carboxylic acids is 2. The molecule has 3 amide bonds. The van der Waals surface area contributed by atoms with E-state index in [1.807, 2.05) is 31.2 Å². The summed E-state index contributed by atoms with van der Waals surface area (Å²) in [6.07, 6.45) is 0. The first-order chi connectivity index (χ1) is 13.5. The van der Waals surface area contributed by atoms with Crippen molar-refractivity contribution in [3.8, 4) is 17.2 Å². The number of nitrogens with zero attached hydrogens (tertiary/aromatic N) is 1. The Morgan fingerprint density at radius 3 is 2.68 bits per heavy atom. The van der Waals surface area contributed by atoms with Crippen molar-refractivity contribution in [3.63, 3.8) is 0 Å². The monoisotopic (exact) mass is 382 g/mol. The van der Waals surface area contributed by atoms with Crippen molar-refractivity contribution in [1.82, 2.24) is 10.2 Å². The molecule has 4 rings (SSSR count). The highest BCUT2D eigenvalue weighted by Crippen LogP contribution is 2.36. The van der Waals surface area contributed by atoms with Crippen LogP contribution in [0.15, 0.2) is 42.5 Å². The molecule has 146 valence electrons. The van der Waals surface area contributed by atoms with Gasteiger partial charge >= 0.3 is 6.03 Å². The molecule has 1 N–H and O–H groups in total. The minimum Gasteiger partial charge on any atom is -0.492 e. The van der Waals surface area contributed by atoms with Gasteiger partial charge in [0, 0.05) is 0 Å². The zero-order valence-corrected chi connectivity index (χ0v) is 15.9. The number of urea groups is 1. The second kappa shape index (κ2) is 7.07. The van der Waals surface area contributed by atoms with Crippen LogP contribution < -0.4 is 19.5 Å². The number of imide groups is 1. The van der Waals surface area contributed by atoms with Crippen molar-refractivity contribution >= 4 is 11.9 Å². The summed E-state index contributed by atoms with van der Waals surface area (Å²) in [7, 11) is 0. The Morgan fingerprint density at radius 2 is 1.89 bits per heavy atom. The number of amides is 3. The summed E-state index contributed by atoms with van der Waals surface area (Å²) in [6, 6.07) is 12.5. The molecule has 0 saturated carbocycles. The molecule has 0 radical (unpaired) electrons. The third-order valence-electron chi connectivity index (χ3n) is 4.97. The minimum absolute atomic E-state index is 0.165. The standard InChI is InChI=1S/C21H22N2O5/c1-14-4-3-5-16(12-14)26-9-8-23-19(24)21(2,22-20(23)25)15-6-7-17-18(13-15)28-11-10-27-17/h3-7,12-13H,8-11H2,1-2H3,(H,22,25)/t21-/m1/s1. The molecule has 7 heteroatoms. The molecule has 0 aliphatic carbocycles. The van der Waals surface area contributed by atoms with E-state index in [1.54, 1.807) is 25.1 Å². The number of ether oxygens (including phenoxy) is 3. The van der Waals surface area contributed by atoms with Crippen LogP contribution >= 0.6 is 0 Å². The van der Waals surface area contributed by atoms with E-state index in [1.165, 1.54) is 4.90 Å². The average Bonchev–Trinajstić information content (AvgIpc) is 2.91. The molecule has 2 aliphatic rings. The highest BCUT2D eigenvalue weighted by molar-refractivity contribution is 6.07. The van der Waals surface area contributed by atoms with E-state index in [-0.39, 0.29) is 19.1 Å². The molecule has 2 aromatic carbocycles. The third-order valence-corrected chi connectivity index (χ3v) is 4.97. The van der Waals surface area contributed by atoms with Crippen LogP contribution in [0, 0.1) is 6.92 Å². The van der Waals surface area contributed by atoms with Crippen molar-refractivity contribution in [2.24, 2.45) is 0 Å². The summed E-state index contributed by atoms with van der Waals surface area (Å²) in [5.41, 5.74) is 0.576. The van der Waals surface area contributed by atoms with E-state index in [9.17, 15) is 9.59 Å². The lowest BCUT2D eigenvalue weighted by atomic mass is 9.91. The summed E-state index contributed by atoms with van der Waals surface area (Å²) in [6.45, 7) is 5.01. The molecule has 1 fully saturated rings. The zero-order chi connectivity index (χ0) is 19.7. The molecular weight excluding hydrogens is 360 g/mol. The SMILES string of the molecule is Cc1cccc(OCCN2C(=O)N[C@](C)(c3ccc4c(c3)OCCO4)C2=O)c1. The Hall–Kier alpha value is -3.22. The molecule has 0 unspecified atom stereocenters. The highest BCUT2D eigenvalue weighted by atomic mass is 16.6. The van der Waals surface area contributed by atoms with E-state index >= 15 is 0 Å². The van der Waals surface area contributed by atoms with E-state index in [4.69, 9.17) is 14.2 Å². The lowest BCUT2D eigenvalue weighted by Crippen LogP contribution is -2.41. The van der Waals surface area contributed by atoms with E-state index in [2.05, 4.69) is 5.32 Å². The van der Waals surface area contributed by atoms with Crippen LogP contribution in [0.5, 0.6) is 17.2 Å². The number of nitrogens with one attached hydrogen (secondary N) is 1. The number of carbonyl (C=O) groups is 2. The van der Waals surface area contributed by atoms with Gasteiger partial charge in [-0.1, -0.05) is 18.2 Å². The van der Waals surface area contributed by atoms with Crippen LogP contribution in [0.4, 0.5) is 4.79 Å². The fourth-order valence-corrected chi connectivity index (χ4v) is 3.41. The fraction of sp³-hybridized carbons (Fsp3) is 0.333. The van der Waals surface area contributed by atoms with E-state index < -0.39 is 11.6 Å². The Labute approximate surface area is 163 Å². The number of fused-ring (bicyclic) bond motifs is 1. The first-order valence-corrected chi connectivity index (χ1v) is 9.21. The zero-order valence-electron chi connectivity index (χ0n) is 15.9. The first kappa shape index (κ1) is 18.2. The van der Waals surface area contributed by atoms with Gasteiger partial charge in [0.2, 0.25) is 0 Å². The maximum atomic E-state index is 13.0. The van der Waals surface area contributed by atoms with Crippen molar-refractivity contribution in [2.75, 3.05) is 26.4 Å². The largest absolute Gasteiger partial charge is 0.492 e. The Bertz CT molecular complexity index is 929. The Morgan fingerprint density at radius 1 is 1.11 bits per heavy atom. The molecule has 2 aromatic rings. The van der Waals surface area contributed by atoms with Gasteiger partial charge in [-0.05, 0) is 49.2 Å². The van der Waals surface area contributed by atoms with Crippen molar-refractivity contribution in [3.05, 3.63) is 53.6 Å². The Kier molecular flexibility index (Phi) is 4.58. The van der Waals surface area contributed by atoms with Gasteiger partial charge in [-0.15, -0.1) is 0 Å². The maximum absolute atomic E-state index is 13.0. The number of rotatable bonds is 5. The topological polar surface area (TPSA) is 77.1 Å². The lowest BCUT2D eigenvalue weighted by molar-refractivity contribution is -0.131. The summed E-state index contributed by atoms with van der Waals surface area (Å²) in [5, 5.41) is 2.80. The van der Waals surface area contributed by atoms with Gasteiger partial charge in [-0.3, -0.25) is 9.69 Å². The second-order valence-electron chi connectivity index (χ2n) is 7.04. The Balaban J connectivity index is 1.47. The van der Waals surface area contributed by atoms with Gasteiger partial charge in [0.05, 0.1) is 6.54 Å². The van der Waals surface area contributed by atoms with E-state index in [0.717, 1.165) is 5.56 Å². The quantitative estimate of drug-likeness (QED) is 0.805. The van der Waals surface area contributed by atoms with Gasteiger partial charge in [0.25, 0.3) is 5.91 Å². The molecule has 0 spiro atoms.